The third-order valence-corrected chi connectivity index (χ3v) is 7.50. The molecule has 1 aliphatic rings. The van der Waals surface area contributed by atoms with E-state index in [1.807, 2.05) is 35.2 Å². The molecule has 2 aromatic carbocycles. The number of thiazole rings is 1. The van der Waals surface area contributed by atoms with Crippen molar-refractivity contribution in [2.75, 3.05) is 18.8 Å². The summed E-state index contributed by atoms with van der Waals surface area (Å²) < 4.78 is 6.89. The first kappa shape index (κ1) is 20.5. The van der Waals surface area contributed by atoms with Gasteiger partial charge in [-0.15, -0.1) is 21.5 Å². The summed E-state index contributed by atoms with van der Waals surface area (Å²) in [6.45, 7) is 1.49. The Morgan fingerprint density at radius 2 is 2.03 bits per heavy atom. The summed E-state index contributed by atoms with van der Waals surface area (Å²) in [4.78, 5) is 19.5. The predicted octanol–water partition coefficient (Wildman–Crippen LogP) is 5.50. The monoisotopic (exact) mass is 470 g/mol. The number of halogens is 1. The molecule has 1 aliphatic heterocycles. The van der Waals surface area contributed by atoms with Crippen LogP contribution in [0.2, 0.25) is 5.02 Å². The van der Waals surface area contributed by atoms with Crippen LogP contribution in [0.3, 0.4) is 0 Å². The van der Waals surface area contributed by atoms with Crippen molar-refractivity contribution in [1.82, 2.24) is 20.1 Å². The third-order valence-electron chi connectivity index (χ3n) is 5.25. The molecule has 1 atom stereocenters. The van der Waals surface area contributed by atoms with Gasteiger partial charge in [0.2, 0.25) is 11.8 Å². The Bertz CT molecular complexity index is 1170. The van der Waals surface area contributed by atoms with Crippen molar-refractivity contribution in [2.24, 2.45) is 0 Å². The van der Waals surface area contributed by atoms with E-state index >= 15 is 0 Å². The molecule has 0 radical (unpaired) electrons. The maximum Gasteiger partial charge on any atom is 0.277 e. The molecule has 0 aliphatic carbocycles. The number of carbonyl (C=O) groups is 1. The number of likely N-dealkylation sites (tertiary alicyclic amines) is 1. The van der Waals surface area contributed by atoms with Crippen LogP contribution >= 0.6 is 34.7 Å². The van der Waals surface area contributed by atoms with Gasteiger partial charge in [0.05, 0.1) is 21.0 Å². The van der Waals surface area contributed by atoms with Crippen molar-refractivity contribution in [2.45, 2.75) is 24.0 Å². The van der Waals surface area contributed by atoms with Gasteiger partial charge in [-0.3, -0.25) is 4.79 Å². The quantitative estimate of drug-likeness (QED) is 0.359. The topological polar surface area (TPSA) is 72.1 Å². The van der Waals surface area contributed by atoms with Crippen LogP contribution in [-0.4, -0.2) is 44.8 Å². The number of amides is 1. The van der Waals surface area contributed by atoms with Gasteiger partial charge in [0, 0.05) is 29.6 Å². The average molecular weight is 471 g/mol. The van der Waals surface area contributed by atoms with Crippen molar-refractivity contribution in [1.29, 1.82) is 0 Å². The molecule has 9 heteroatoms. The van der Waals surface area contributed by atoms with Crippen LogP contribution < -0.4 is 0 Å². The molecule has 0 spiro atoms. The number of carbonyl (C=O) groups excluding carboxylic acids is 1. The Morgan fingerprint density at radius 1 is 1.19 bits per heavy atom. The molecule has 3 heterocycles. The SMILES string of the molecule is O=C(CSc1nnc(-c2ccc(Cl)cc2)o1)N1CCCC(c2nc3ccccc3s2)C1. The Morgan fingerprint density at radius 3 is 2.87 bits per heavy atom. The maximum atomic E-state index is 12.8. The fourth-order valence-electron chi connectivity index (χ4n) is 3.66. The molecule has 31 heavy (non-hydrogen) atoms. The lowest BCUT2D eigenvalue weighted by atomic mass is 9.99. The number of hydrogen-bond acceptors (Lipinski definition) is 7. The molecule has 158 valence electrons. The van der Waals surface area contributed by atoms with E-state index in [0.717, 1.165) is 35.5 Å². The van der Waals surface area contributed by atoms with Crippen molar-refractivity contribution in [3.05, 3.63) is 58.6 Å². The third kappa shape index (κ3) is 4.61. The summed E-state index contributed by atoms with van der Waals surface area (Å²) in [6.07, 6.45) is 2.04. The fraction of sp³-hybridized carbons (Fsp3) is 0.273. The van der Waals surface area contributed by atoms with Crippen molar-refractivity contribution in [3.8, 4) is 11.5 Å². The summed E-state index contributed by atoms with van der Waals surface area (Å²) in [5.41, 5.74) is 1.83. The standard InChI is InChI=1S/C22H19ClN4O2S2/c23-16-9-7-14(8-10-16)20-25-26-22(29-20)30-13-19(28)27-11-3-4-15(12-27)21-24-17-5-1-2-6-18(17)31-21/h1-2,5-10,15H,3-4,11-13H2. The zero-order valence-electron chi connectivity index (χ0n) is 16.5. The van der Waals surface area contributed by atoms with E-state index in [1.165, 1.54) is 16.5 Å². The Balaban J connectivity index is 1.20. The van der Waals surface area contributed by atoms with Crippen LogP contribution in [-0.2, 0) is 4.79 Å². The zero-order valence-corrected chi connectivity index (χ0v) is 18.9. The normalized spacial score (nSPS) is 16.7. The molecule has 2 aromatic heterocycles. The first-order chi connectivity index (χ1) is 15.2. The highest BCUT2D eigenvalue weighted by Gasteiger charge is 2.27. The number of thioether (sulfide) groups is 1. The predicted molar refractivity (Wildman–Crippen MR) is 124 cm³/mol. The van der Waals surface area contributed by atoms with Crippen LogP contribution in [0.15, 0.2) is 58.2 Å². The van der Waals surface area contributed by atoms with Gasteiger partial charge in [-0.2, -0.15) is 0 Å². The highest BCUT2D eigenvalue weighted by Crippen LogP contribution is 2.33. The van der Waals surface area contributed by atoms with Gasteiger partial charge in [0.15, 0.2) is 0 Å². The number of hydrogen-bond donors (Lipinski definition) is 0. The van der Waals surface area contributed by atoms with E-state index in [-0.39, 0.29) is 11.7 Å². The highest BCUT2D eigenvalue weighted by atomic mass is 35.5. The Hall–Kier alpha value is -2.42. The van der Waals surface area contributed by atoms with Crippen molar-refractivity contribution >= 4 is 50.8 Å². The Kier molecular flexibility index (Phi) is 5.93. The zero-order chi connectivity index (χ0) is 21.2. The van der Waals surface area contributed by atoms with Crippen LogP contribution in [0.1, 0.15) is 23.8 Å². The first-order valence-electron chi connectivity index (χ1n) is 10.0. The molecule has 1 unspecified atom stereocenters. The number of piperidine rings is 1. The molecule has 1 amide bonds. The van der Waals surface area contributed by atoms with E-state index in [4.69, 9.17) is 21.0 Å². The molecule has 4 aromatic rings. The lowest BCUT2D eigenvalue weighted by molar-refractivity contribution is -0.129. The smallest absolute Gasteiger partial charge is 0.277 e. The highest BCUT2D eigenvalue weighted by molar-refractivity contribution is 7.99. The second-order valence-electron chi connectivity index (χ2n) is 7.37. The molecular weight excluding hydrogens is 452 g/mol. The number of rotatable bonds is 5. The van der Waals surface area contributed by atoms with Gasteiger partial charge in [0.25, 0.3) is 5.22 Å². The molecule has 1 saturated heterocycles. The fourth-order valence-corrected chi connectivity index (χ4v) is 5.55. The van der Waals surface area contributed by atoms with Gasteiger partial charge in [0.1, 0.15) is 0 Å². The molecule has 5 rings (SSSR count). The van der Waals surface area contributed by atoms with Crippen molar-refractivity contribution in [3.63, 3.8) is 0 Å². The minimum Gasteiger partial charge on any atom is -0.411 e. The Labute approximate surface area is 192 Å². The van der Waals surface area contributed by atoms with E-state index in [1.54, 1.807) is 23.5 Å². The summed E-state index contributed by atoms with van der Waals surface area (Å²) in [5.74, 6) is 1.07. The van der Waals surface area contributed by atoms with Crippen LogP contribution in [0.25, 0.3) is 21.7 Å². The van der Waals surface area contributed by atoms with E-state index in [2.05, 4.69) is 16.3 Å². The summed E-state index contributed by atoms with van der Waals surface area (Å²) in [7, 11) is 0. The molecule has 0 N–H and O–H groups in total. The second-order valence-corrected chi connectivity index (χ2v) is 9.79. The largest absolute Gasteiger partial charge is 0.411 e. The average Bonchev–Trinajstić information content (AvgIpc) is 3.45. The number of aromatic nitrogens is 3. The van der Waals surface area contributed by atoms with Gasteiger partial charge >= 0.3 is 0 Å². The van der Waals surface area contributed by atoms with Gasteiger partial charge in [-0.25, -0.2) is 4.98 Å². The number of benzene rings is 2. The first-order valence-corrected chi connectivity index (χ1v) is 12.2. The molecular formula is C22H19ClN4O2S2. The van der Waals surface area contributed by atoms with Gasteiger partial charge < -0.3 is 9.32 Å². The molecule has 0 saturated carbocycles. The van der Waals surface area contributed by atoms with Gasteiger partial charge in [-0.05, 0) is 49.2 Å². The van der Waals surface area contributed by atoms with E-state index in [0.29, 0.717) is 28.6 Å². The lowest BCUT2D eigenvalue weighted by Gasteiger charge is -2.31. The lowest BCUT2D eigenvalue weighted by Crippen LogP contribution is -2.40. The van der Waals surface area contributed by atoms with Gasteiger partial charge in [-0.1, -0.05) is 35.5 Å². The summed E-state index contributed by atoms with van der Waals surface area (Å²) >= 11 is 8.92. The minimum atomic E-state index is 0.0852. The van der Waals surface area contributed by atoms with E-state index < -0.39 is 0 Å². The summed E-state index contributed by atoms with van der Waals surface area (Å²) in [6, 6.07) is 15.4. The van der Waals surface area contributed by atoms with E-state index in [9.17, 15) is 4.79 Å². The summed E-state index contributed by atoms with van der Waals surface area (Å²) in [5, 5.41) is 10.3. The second kappa shape index (κ2) is 8.98. The molecule has 1 fully saturated rings. The molecule has 6 nitrogen and oxygen atoms in total. The minimum absolute atomic E-state index is 0.0852. The van der Waals surface area contributed by atoms with Crippen LogP contribution in [0.5, 0.6) is 0 Å². The number of para-hydroxylation sites is 1. The van der Waals surface area contributed by atoms with Crippen molar-refractivity contribution < 1.29 is 9.21 Å². The number of nitrogens with zero attached hydrogens (tertiary/aromatic N) is 4. The molecule has 0 bridgehead atoms. The van der Waals surface area contributed by atoms with Crippen LogP contribution in [0.4, 0.5) is 0 Å². The van der Waals surface area contributed by atoms with Crippen LogP contribution in [0, 0.1) is 0 Å². The maximum absolute atomic E-state index is 12.8. The number of fused-ring (bicyclic) bond motifs is 1.